The molecular weight excluding hydrogens is 192 g/mol. The molecule has 1 saturated carbocycles. The highest BCUT2D eigenvalue weighted by molar-refractivity contribution is 5.70. The maximum absolute atomic E-state index is 2.36. The fourth-order valence-electron chi connectivity index (χ4n) is 2.09. The van der Waals surface area contributed by atoms with Gasteiger partial charge in [-0.05, 0) is 56.2 Å². The summed E-state index contributed by atoms with van der Waals surface area (Å²) in [7, 11) is 0. The van der Waals surface area contributed by atoms with Gasteiger partial charge in [-0.1, -0.05) is 42.0 Å². The average molecular weight is 212 g/mol. The predicted octanol–water partition coefficient (Wildman–Crippen LogP) is 4.84. The lowest BCUT2D eigenvalue weighted by molar-refractivity contribution is 1.04. The lowest BCUT2D eigenvalue weighted by atomic mass is 9.97. The van der Waals surface area contributed by atoms with Gasteiger partial charge in [0.1, 0.15) is 0 Å². The Balaban J connectivity index is 2.39. The first-order valence-electron chi connectivity index (χ1n) is 6.09. The molecule has 0 bridgehead atoms. The lowest BCUT2D eigenvalue weighted by Gasteiger charge is -2.09. The van der Waals surface area contributed by atoms with Crippen molar-refractivity contribution < 1.29 is 0 Å². The Morgan fingerprint density at radius 1 is 1.06 bits per heavy atom. The second kappa shape index (κ2) is 4.69. The zero-order valence-corrected chi connectivity index (χ0v) is 10.5. The molecular formula is C16H20. The Hall–Kier alpha value is -1.30. The van der Waals surface area contributed by atoms with Crippen molar-refractivity contribution in [2.24, 2.45) is 5.92 Å². The quantitative estimate of drug-likeness (QED) is 0.629. The number of hydrogen-bond donors (Lipinski definition) is 0. The van der Waals surface area contributed by atoms with E-state index in [1.807, 2.05) is 0 Å². The predicted molar refractivity (Wildman–Crippen MR) is 71.2 cm³/mol. The molecule has 0 spiro atoms. The molecule has 0 nitrogen and oxygen atoms in total. The molecule has 1 fully saturated rings. The Labute approximate surface area is 98.7 Å². The van der Waals surface area contributed by atoms with E-state index < -0.39 is 0 Å². The minimum absolute atomic E-state index is 0.815. The van der Waals surface area contributed by atoms with Gasteiger partial charge >= 0.3 is 0 Å². The smallest absolute Gasteiger partial charge is 0.0159 e. The third-order valence-electron chi connectivity index (χ3n) is 3.10. The van der Waals surface area contributed by atoms with Crippen LogP contribution < -0.4 is 0 Å². The van der Waals surface area contributed by atoms with Crippen LogP contribution in [0, 0.1) is 5.92 Å². The number of allylic oxidation sites excluding steroid dienone is 4. The van der Waals surface area contributed by atoms with Crippen molar-refractivity contribution in [2.45, 2.75) is 33.6 Å². The standard InChI is InChI=1S/C16H20/c1-12(2)11-16(15-9-10-15)13(3)14-7-5-4-6-8-14/h4-8,11,15H,9-10H2,1-3H3/b16-13+. The van der Waals surface area contributed by atoms with Crippen LogP contribution in [0.5, 0.6) is 0 Å². The van der Waals surface area contributed by atoms with E-state index in [4.69, 9.17) is 0 Å². The Kier molecular flexibility index (Phi) is 3.28. The van der Waals surface area contributed by atoms with Gasteiger partial charge in [-0.25, -0.2) is 0 Å². The summed E-state index contributed by atoms with van der Waals surface area (Å²) >= 11 is 0. The molecule has 0 atom stereocenters. The zero-order chi connectivity index (χ0) is 11.5. The van der Waals surface area contributed by atoms with Gasteiger partial charge in [-0.2, -0.15) is 0 Å². The van der Waals surface area contributed by atoms with E-state index in [0.717, 1.165) is 5.92 Å². The minimum Gasteiger partial charge on any atom is -0.0761 e. The summed E-state index contributed by atoms with van der Waals surface area (Å²) in [4.78, 5) is 0. The van der Waals surface area contributed by atoms with E-state index in [-0.39, 0.29) is 0 Å². The largest absolute Gasteiger partial charge is 0.0761 e. The molecule has 1 aliphatic rings. The first-order chi connectivity index (χ1) is 7.68. The number of rotatable bonds is 3. The van der Waals surface area contributed by atoms with Crippen LogP contribution in [-0.4, -0.2) is 0 Å². The number of hydrogen-bond acceptors (Lipinski definition) is 0. The summed E-state index contributed by atoms with van der Waals surface area (Å²) in [5.74, 6) is 0.815. The fraction of sp³-hybridized carbons (Fsp3) is 0.375. The highest BCUT2D eigenvalue weighted by Crippen LogP contribution is 2.41. The van der Waals surface area contributed by atoms with Crippen LogP contribution >= 0.6 is 0 Å². The molecule has 0 aromatic heterocycles. The molecule has 84 valence electrons. The van der Waals surface area contributed by atoms with Crippen molar-refractivity contribution in [3.05, 3.63) is 53.1 Å². The zero-order valence-electron chi connectivity index (χ0n) is 10.5. The van der Waals surface area contributed by atoms with Gasteiger partial charge in [0.05, 0.1) is 0 Å². The van der Waals surface area contributed by atoms with Gasteiger partial charge in [-0.15, -0.1) is 0 Å². The third-order valence-corrected chi connectivity index (χ3v) is 3.10. The summed E-state index contributed by atoms with van der Waals surface area (Å²) < 4.78 is 0. The molecule has 1 aliphatic carbocycles. The van der Waals surface area contributed by atoms with E-state index in [1.165, 1.54) is 29.6 Å². The van der Waals surface area contributed by atoms with E-state index in [0.29, 0.717) is 0 Å². The van der Waals surface area contributed by atoms with Crippen LogP contribution in [0.1, 0.15) is 39.2 Å². The summed E-state index contributed by atoms with van der Waals surface area (Å²) in [6, 6.07) is 10.7. The molecule has 0 saturated heterocycles. The third kappa shape index (κ3) is 2.63. The average Bonchev–Trinajstić information content (AvgIpc) is 3.10. The maximum atomic E-state index is 2.36. The summed E-state index contributed by atoms with van der Waals surface area (Å²) in [5, 5.41) is 0. The molecule has 16 heavy (non-hydrogen) atoms. The molecule has 2 rings (SSSR count). The Bertz CT molecular complexity index is 413. The fourth-order valence-corrected chi connectivity index (χ4v) is 2.09. The van der Waals surface area contributed by atoms with Crippen LogP contribution in [0.2, 0.25) is 0 Å². The molecule has 0 aliphatic heterocycles. The van der Waals surface area contributed by atoms with E-state index in [9.17, 15) is 0 Å². The highest BCUT2D eigenvalue weighted by atomic mass is 14.3. The molecule has 1 aromatic rings. The summed E-state index contributed by atoms with van der Waals surface area (Å²) in [6.07, 6.45) is 5.09. The summed E-state index contributed by atoms with van der Waals surface area (Å²) in [6.45, 7) is 6.61. The Morgan fingerprint density at radius 3 is 2.19 bits per heavy atom. The van der Waals surface area contributed by atoms with Gasteiger partial charge in [0.2, 0.25) is 0 Å². The molecule has 0 unspecified atom stereocenters. The van der Waals surface area contributed by atoms with E-state index in [2.05, 4.69) is 57.2 Å². The van der Waals surface area contributed by atoms with Crippen LogP contribution in [0.25, 0.3) is 5.57 Å². The van der Waals surface area contributed by atoms with Crippen molar-refractivity contribution in [1.82, 2.24) is 0 Å². The Morgan fingerprint density at radius 2 is 1.69 bits per heavy atom. The van der Waals surface area contributed by atoms with Gasteiger partial charge in [0, 0.05) is 0 Å². The topological polar surface area (TPSA) is 0 Å². The highest BCUT2D eigenvalue weighted by Gasteiger charge is 2.26. The molecule has 0 heteroatoms. The first kappa shape index (κ1) is 11.2. The van der Waals surface area contributed by atoms with E-state index >= 15 is 0 Å². The van der Waals surface area contributed by atoms with Crippen molar-refractivity contribution in [1.29, 1.82) is 0 Å². The van der Waals surface area contributed by atoms with Crippen molar-refractivity contribution in [2.75, 3.05) is 0 Å². The maximum Gasteiger partial charge on any atom is -0.0159 e. The minimum atomic E-state index is 0.815. The SMILES string of the molecule is CC(C)=C/C(=C(/C)c1ccccc1)C1CC1. The molecule has 0 amide bonds. The lowest BCUT2D eigenvalue weighted by Crippen LogP contribution is -1.89. The normalized spacial score (nSPS) is 16.7. The van der Waals surface area contributed by atoms with Gasteiger partial charge < -0.3 is 0 Å². The van der Waals surface area contributed by atoms with Crippen LogP contribution in [0.15, 0.2) is 47.6 Å². The van der Waals surface area contributed by atoms with Gasteiger partial charge in [0.25, 0.3) is 0 Å². The monoisotopic (exact) mass is 212 g/mol. The second-order valence-corrected chi connectivity index (χ2v) is 4.94. The van der Waals surface area contributed by atoms with Crippen molar-refractivity contribution in [3.63, 3.8) is 0 Å². The van der Waals surface area contributed by atoms with Crippen molar-refractivity contribution in [3.8, 4) is 0 Å². The van der Waals surface area contributed by atoms with E-state index in [1.54, 1.807) is 5.57 Å². The molecule has 0 radical (unpaired) electrons. The van der Waals surface area contributed by atoms with Gasteiger partial charge in [0.15, 0.2) is 0 Å². The second-order valence-electron chi connectivity index (χ2n) is 4.94. The molecule has 0 N–H and O–H groups in total. The molecule has 0 heterocycles. The van der Waals surface area contributed by atoms with Crippen LogP contribution in [-0.2, 0) is 0 Å². The van der Waals surface area contributed by atoms with Crippen LogP contribution in [0.3, 0.4) is 0 Å². The van der Waals surface area contributed by atoms with Gasteiger partial charge in [-0.3, -0.25) is 0 Å². The van der Waals surface area contributed by atoms with Crippen molar-refractivity contribution >= 4 is 5.57 Å². The molecule has 1 aromatic carbocycles. The first-order valence-corrected chi connectivity index (χ1v) is 6.09. The summed E-state index contributed by atoms with van der Waals surface area (Å²) in [5.41, 5.74) is 5.76. The number of benzene rings is 1. The van der Waals surface area contributed by atoms with Crippen LogP contribution in [0.4, 0.5) is 0 Å².